The van der Waals surface area contributed by atoms with E-state index < -0.39 is 24.1 Å². The van der Waals surface area contributed by atoms with Gasteiger partial charge in [0.1, 0.15) is 25.4 Å². The van der Waals surface area contributed by atoms with Crippen LogP contribution in [0.4, 0.5) is 0 Å². The van der Waals surface area contributed by atoms with Gasteiger partial charge in [-0.05, 0) is 26.7 Å². The number of hydrogen-bond donors (Lipinski definition) is 2. The summed E-state index contributed by atoms with van der Waals surface area (Å²) in [5.41, 5.74) is 0.387. The Bertz CT molecular complexity index is 447. The molecule has 2 unspecified atom stereocenters. The summed E-state index contributed by atoms with van der Waals surface area (Å²) >= 11 is 0. The molecule has 0 rings (SSSR count). The van der Waals surface area contributed by atoms with Crippen LogP contribution in [0.15, 0.2) is 24.3 Å². The topological polar surface area (TPSA) is 130 Å². The molecule has 0 aliphatic carbocycles. The first kappa shape index (κ1) is 26.2. The van der Waals surface area contributed by atoms with Crippen molar-refractivity contribution in [3.63, 3.8) is 0 Å². The minimum absolute atomic E-state index is 0.0322. The van der Waals surface area contributed by atoms with Crippen molar-refractivity contribution < 1.29 is 48.8 Å². The highest BCUT2D eigenvalue weighted by Gasteiger charge is 2.10. The maximum Gasteiger partial charge on any atom is 0.368 e. The SMILES string of the molecule is C=C(C)C(=O)OOCC(O)COCCCCOCC(O)COOC(=O)C(=C)C. The van der Waals surface area contributed by atoms with Crippen molar-refractivity contribution in [3.8, 4) is 0 Å². The second kappa shape index (κ2) is 16.2. The van der Waals surface area contributed by atoms with Crippen LogP contribution in [0.5, 0.6) is 0 Å². The van der Waals surface area contributed by atoms with Gasteiger partial charge in [-0.25, -0.2) is 9.59 Å². The van der Waals surface area contributed by atoms with Gasteiger partial charge >= 0.3 is 11.9 Å². The Hall–Kier alpha value is -1.82. The molecule has 2 atom stereocenters. The lowest BCUT2D eigenvalue weighted by Gasteiger charge is -2.12. The van der Waals surface area contributed by atoms with Crippen LogP contribution in [-0.2, 0) is 38.6 Å². The standard InChI is InChI=1S/C18H30O10/c1-13(2)17(21)27-25-11-15(19)9-23-7-5-6-8-24-10-16(20)12-26-28-18(22)14(3)4/h15-16,19-20H,1,3,5-12H2,2,4H3. The van der Waals surface area contributed by atoms with Crippen LogP contribution in [0.3, 0.4) is 0 Å². The number of aliphatic hydroxyl groups excluding tert-OH is 2. The lowest BCUT2D eigenvalue weighted by Crippen LogP contribution is -2.23. The van der Waals surface area contributed by atoms with E-state index in [1.807, 2.05) is 0 Å². The quantitative estimate of drug-likeness (QED) is 0.153. The van der Waals surface area contributed by atoms with E-state index in [9.17, 15) is 19.8 Å². The predicted molar refractivity (Wildman–Crippen MR) is 96.6 cm³/mol. The van der Waals surface area contributed by atoms with Gasteiger partial charge in [-0.1, -0.05) is 13.2 Å². The first-order valence-electron chi connectivity index (χ1n) is 8.74. The van der Waals surface area contributed by atoms with Gasteiger partial charge in [0.05, 0.1) is 13.2 Å². The molecule has 0 radical (unpaired) electrons. The van der Waals surface area contributed by atoms with Crippen LogP contribution in [0.25, 0.3) is 0 Å². The predicted octanol–water partition coefficient (Wildman–Crippen LogP) is 0.623. The third-order valence-electron chi connectivity index (χ3n) is 2.93. The van der Waals surface area contributed by atoms with Gasteiger partial charge in [-0.15, -0.1) is 0 Å². The van der Waals surface area contributed by atoms with Crippen molar-refractivity contribution in [2.24, 2.45) is 0 Å². The van der Waals surface area contributed by atoms with E-state index in [1.165, 1.54) is 13.8 Å². The maximum atomic E-state index is 11.0. The molecule has 0 aromatic rings. The summed E-state index contributed by atoms with van der Waals surface area (Å²) in [6.45, 7) is 10.2. The van der Waals surface area contributed by atoms with Crippen LogP contribution in [0.1, 0.15) is 26.7 Å². The lowest BCUT2D eigenvalue weighted by molar-refractivity contribution is -0.280. The molecular weight excluding hydrogens is 376 g/mol. The van der Waals surface area contributed by atoms with Crippen LogP contribution in [0.2, 0.25) is 0 Å². The molecule has 10 heteroatoms. The molecule has 0 aliphatic heterocycles. The zero-order chi connectivity index (χ0) is 21.4. The molecule has 0 fully saturated rings. The smallest absolute Gasteiger partial charge is 0.368 e. The minimum atomic E-state index is -0.928. The van der Waals surface area contributed by atoms with Crippen LogP contribution in [-0.4, -0.2) is 74.0 Å². The van der Waals surface area contributed by atoms with E-state index in [-0.39, 0.29) is 37.6 Å². The van der Waals surface area contributed by atoms with E-state index in [2.05, 4.69) is 32.7 Å². The molecule has 0 bridgehead atoms. The van der Waals surface area contributed by atoms with Crippen LogP contribution in [0, 0.1) is 0 Å². The van der Waals surface area contributed by atoms with E-state index in [0.29, 0.717) is 26.1 Å². The van der Waals surface area contributed by atoms with E-state index in [1.54, 1.807) is 0 Å². The molecule has 0 amide bonds. The lowest BCUT2D eigenvalue weighted by atomic mass is 10.3. The number of rotatable bonds is 17. The minimum Gasteiger partial charge on any atom is -0.388 e. The number of unbranched alkanes of at least 4 members (excludes halogenated alkanes) is 1. The Morgan fingerprint density at radius 1 is 0.750 bits per heavy atom. The molecular formula is C18H30O10. The molecule has 0 heterocycles. The van der Waals surface area contributed by atoms with Crippen LogP contribution >= 0.6 is 0 Å². The van der Waals surface area contributed by atoms with Gasteiger partial charge in [0.25, 0.3) is 0 Å². The number of hydrogen-bond acceptors (Lipinski definition) is 10. The zero-order valence-electron chi connectivity index (χ0n) is 16.4. The monoisotopic (exact) mass is 406 g/mol. The molecule has 0 aliphatic rings. The largest absolute Gasteiger partial charge is 0.388 e. The number of aliphatic hydroxyl groups is 2. The molecule has 0 spiro atoms. The van der Waals surface area contributed by atoms with Crippen LogP contribution < -0.4 is 0 Å². The van der Waals surface area contributed by atoms with Crippen molar-refractivity contribution in [2.75, 3.05) is 39.6 Å². The summed E-state index contributed by atoms with van der Waals surface area (Å²) < 4.78 is 10.5. The Kier molecular flexibility index (Phi) is 15.1. The zero-order valence-corrected chi connectivity index (χ0v) is 16.4. The highest BCUT2D eigenvalue weighted by Crippen LogP contribution is 1.98. The van der Waals surface area contributed by atoms with Crippen molar-refractivity contribution in [2.45, 2.75) is 38.9 Å². The van der Waals surface area contributed by atoms with Gasteiger partial charge in [0, 0.05) is 24.4 Å². The fraction of sp³-hybridized carbons (Fsp3) is 0.667. The number of ether oxygens (including phenoxy) is 2. The first-order chi connectivity index (χ1) is 13.2. The highest BCUT2D eigenvalue weighted by atomic mass is 17.2. The molecule has 0 saturated carbocycles. The van der Waals surface area contributed by atoms with Gasteiger partial charge in [-0.2, -0.15) is 9.78 Å². The fourth-order valence-electron chi connectivity index (χ4n) is 1.42. The fourth-order valence-corrected chi connectivity index (χ4v) is 1.42. The van der Waals surface area contributed by atoms with Crippen molar-refractivity contribution in [1.82, 2.24) is 0 Å². The number of carbonyl (C=O) groups excluding carboxylic acids is 2. The highest BCUT2D eigenvalue weighted by molar-refractivity contribution is 5.86. The summed E-state index contributed by atoms with van der Waals surface area (Å²) in [5.74, 6) is -1.39. The summed E-state index contributed by atoms with van der Waals surface area (Å²) in [4.78, 5) is 40.0. The number of carbonyl (C=O) groups is 2. The molecule has 0 aromatic heterocycles. The molecule has 28 heavy (non-hydrogen) atoms. The average Bonchev–Trinajstić information content (AvgIpc) is 2.63. The van der Waals surface area contributed by atoms with Gasteiger partial charge in [0.15, 0.2) is 0 Å². The molecule has 0 aromatic carbocycles. The molecule has 2 N–H and O–H groups in total. The first-order valence-corrected chi connectivity index (χ1v) is 8.74. The van der Waals surface area contributed by atoms with Crippen molar-refractivity contribution >= 4 is 11.9 Å². The van der Waals surface area contributed by atoms with E-state index >= 15 is 0 Å². The third kappa shape index (κ3) is 15.3. The summed E-state index contributed by atoms with van der Waals surface area (Å²) in [7, 11) is 0. The van der Waals surface area contributed by atoms with E-state index in [0.717, 1.165) is 0 Å². The summed E-state index contributed by atoms with van der Waals surface area (Å²) in [5, 5.41) is 19.1. The van der Waals surface area contributed by atoms with E-state index in [4.69, 9.17) is 9.47 Å². The molecule has 0 saturated heterocycles. The Morgan fingerprint density at radius 3 is 1.43 bits per heavy atom. The van der Waals surface area contributed by atoms with Gasteiger partial charge in [-0.3, -0.25) is 9.78 Å². The Labute approximate surface area is 164 Å². The normalized spacial score (nSPS) is 12.9. The van der Waals surface area contributed by atoms with Crippen molar-refractivity contribution in [1.29, 1.82) is 0 Å². The van der Waals surface area contributed by atoms with Gasteiger partial charge in [0.2, 0.25) is 0 Å². The second-order valence-corrected chi connectivity index (χ2v) is 6.04. The average molecular weight is 406 g/mol. The second-order valence-electron chi connectivity index (χ2n) is 6.04. The molecule has 10 nitrogen and oxygen atoms in total. The maximum absolute atomic E-state index is 11.0. The Balaban J connectivity index is 3.44. The third-order valence-corrected chi connectivity index (χ3v) is 2.93. The Morgan fingerprint density at radius 2 is 1.11 bits per heavy atom. The van der Waals surface area contributed by atoms with Crippen molar-refractivity contribution in [3.05, 3.63) is 24.3 Å². The summed E-state index contributed by atoms with van der Waals surface area (Å²) in [6, 6.07) is 0. The summed E-state index contributed by atoms with van der Waals surface area (Å²) in [6.07, 6.45) is -0.492. The van der Waals surface area contributed by atoms with Gasteiger partial charge < -0.3 is 19.7 Å². The molecule has 162 valence electrons.